The van der Waals surface area contributed by atoms with Crippen LogP contribution in [0.4, 0.5) is 0 Å². The van der Waals surface area contributed by atoms with Crippen LogP contribution in [0.3, 0.4) is 0 Å². The second-order valence-corrected chi connectivity index (χ2v) is 10.3. The second-order valence-electron chi connectivity index (χ2n) is 8.18. The molecule has 0 radical (unpaired) electrons. The van der Waals surface area contributed by atoms with Crippen LogP contribution in [0.2, 0.25) is 0 Å². The number of hydrogen-bond donors (Lipinski definition) is 0. The van der Waals surface area contributed by atoms with Gasteiger partial charge in [0.15, 0.2) is 9.84 Å². The first-order valence-electron chi connectivity index (χ1n) is 10.2. The van der Waals surface area contributed by atoms with Gasteiger partial charge in [-0.25, -0.2) is 8.42 Å². The number of carbonyl (C=O) groups is 1. The molecule has 6 heteroatoms. The van der Waals surface area contributed by atoms with E-state index in [2.05, 4.69) is 16.7 Å². The Morgan fingerprint density at radius 2 is 1.85 bits per heavy atom. The number of amides is 1. The summed E-state index contributed by atoms with van der Waals surface area (Å²) in [5.74, 6) is 0.448. The van der Waals surface area contributed by atoms with Crippen LogP contribution in [0.1, 0.15) is 45.4 Å². The van der Waals surface area contributed by atoms with Crippen molar-refractivity contribution in [3.05, 3.63) is 30.3 Å². The molecule has 2 aliphatic rings. The molecule has 2 saturated heterocycles. The topological polar surface area (TPSA) is 57.7 Å². The molecule has 5 nitrogen and oxygen atoms in total. The maximum atomic E-state index is 12.6. The SMILES string of the molecule is CCCCN1C[C@@]2(CCCN(CCS(=O)(=O)c3ccccc3)C2)CCC1=O. The van der Waals surface area contributed by atoms with Gasteiger partial charge < -0.3 is 9.80 Å². The highest BCUT2D eigenvalue weighted by Gasteiger charge is 2.41. The van der Waals surface area contributed by atoms with Gasteiger partial charge in [0, 0.05) is 38.0 Å². The number of nitrogens with zero attached hydrogens (tertiary/aromatic N) is 2. The smallest absolute Gasteiger partial charge is 0.222 e. The Balaban J connectivity index is 1.60. The van der Waals surface area contributed by atoms with Crippen molar-refractivity contribution in [1.82, 2.24) is 9.80 Å². The summed E-state index contributed by atoms with van der Waals surface area (Å²) in [5.41, 5.74) is 0.149. The lowest BCUT2D eigenvalue weighted by Gasteiger charge is -2.48. The Morgan fingerprint density at radius 3 is 2.59 bits per heavy atom. The molecule has 150 valence electrons. The van der Waals surface area contributed by atoms with Gasteiger partial charge in [-0.2, -0.15) is 0 Å². The quantitative estimate of drug-likeness (QED) is 0.716. The van der Waals surface area contributed by atoms with Gasteiger partial charge >= 0.3 is 0 Å². The zero-order chi connectivity index (χ0) is 19.3. The molecule has 0 saturated carbocycles. The van der Waals surface area contributed by atoms with Crippen LogP contribution in [-0.4, -0.2) is 62.6 Å². The highest BCUT2D eigenvalue weighted by molar-refractivity contribution is 7.91. The maximum Gasteiger partial charge on any atom is 0.222 e. The third kappa shape index (κ3) is 5.11. The van der Waals surface area contributed by atoms with Crippen LogP contribution in [0.5, 0.6) is 0 Å². The normalized spacial score (nSPS) is 24.5. The summed E-state index contributed by atoms with van der Waals surface area (Å²) in [7, 11) is -3.24. The van der Waals surface area contributed by atoms with E-state index in [0.29, 0.717) is 17.9 Å². The summed E-state index contributed by atoms with van der Waals surface area (Å²) in [6.45, 7) is 6.29. The van der Waals surface area contributed by atoms with E-state index in [1.165, 1.54) is 0 Å². The van der Waals surface area contributed by atoms with Gasteiger partial charge in [0.25, 0.3) is 0 Å². The van der Waals surface area contributed by atoms with Crippen molar-refractivity contribution in [2.45, 2.75) is 50.3 Å². The van der Waals surface area contributed by atoms with Crippen LogP contribution < -0.4 is 0 Å². The molecular weight excluding hydrogens is 360 g/mol. The van der Waals surface area contributed by atoms with Crippen molar-refractivity contribution in [3.8, 4) is 0 Å². The lowest BCUT2D eigenvalue weighted by molar-refractivity contribution is -0.139. The molecule has 1 spiro atoms. The molecule has 0 bridgehead atoms. The van der Waals surface area contributed by atoms with Gasteiger partial charge in [-0.1, -0.05) is 31.5 Å². The number of benzene rings is 1. The average Bonchev–Trinajstić information content (AvgIpc) is 2.68. The molecule has 27 heavy (non-hydrogen) atoms. The van der Waals surface area contributed by atoms with Gasteiger partial charge in [0.05, 0.1) is 10.6 Å². The van der Waals surface area contributed by atoms with Gasteiger partial charge in [0.2, 0.25) is 5.91 Å². The second kappa shape index (κ2) is 8.74. The zero-order valence-corrected chi connectivity index (χ0v) is 17.2. The average molecular weight is 393 g/mol. The number of rotatable bonds is 7. The van der Waals surface area contributed by atoms with E-state index < -0.39 is 9.84 Å². The lowest BCUT2D eigenvalue weighted by atomic mass is 9.73. The lowest BCUT2D eigenvalue weighted by Crippen LogP contribution is -2.54. The molecule has 0 N–H and O–H groups in total. The largest absolute Gasteiger partial charge is 0.342 e. The number of piperidine rings is 2. The van der Waals surface area contributed by atoms with Gasteiger partial charge in [-0.05, 0) is 44.4 Å². The summed E-state index contributed by atoms with van der Waals surface area (Å²) >= 11 is 0. The van der Waals surface area contributed by atoms with E-state index in [1.54, 1.807) is 24.3 Å². The van der Waals surface area contributed by atoms with E-state index in [0.717, 1.165) is 58.3 Å². The van der Waals surface area contributed by atoms with Crippen molar-refractivity contribution in [2.24, 2.45) is 5.41 Å². The van der Waals surface area contributed by atoms with Gasteiger partial charge in [0.1, 0.15) is 0 Å². The summed E-state index contributed by atoms with van der Waals surface area (Å²) in [4.78, 5) is 17.0. The molecule has 2 fully saturated rings. The van der Waals surface area contributed by atoms with E-state index >= 15 is 0 Å². The van der Waals surface area contributed by atoms with Crippen molar-refractivity contribution in [3.63, 3.8) is 0 Å². The van der Waals surface area contributed by atoms with E-state index in [4.69, 9.17) is 0 Å². The van der Waals surface area contributed by atoms with Crippen LogP contribution >= 0.6 is 0 Å². The highest BCUT2D eigenvalue weighted by Crippen LogP contribution is 2.39. The summed E-state index contributed by atoms with van der Waals surface area (Å²) in [6, 6.07) is 8.72. The monoisotopic (exact) mass is 392 g/mol. The fourth-order valence-corrected chi connectivity index (χ4v) is 5.79. The first kappa shape index (κ1) is 20.3. The van der Waals surface area contributed by atoms with Gasteiger partial charge in [-0.15, -0.1) is 0 Å². The maximum absolute atomic E-state index is 12.6. The van der Waals surface area contributed by atoms with E-state index in [-0.39, 0.29) is 17.1 Å². The predicted molar refractivity (Wildman–Crippen MR) is 107 cm³/mol. The van der Waals surface area contributed by atoms with Crippen molar-refractivity contribution < 1.29 is 13.2 Å². The van der Waals surface area contributed by atoms with Crippen LogP contribution in [0.15, 0.2) is 35.2 Å². The minimum atomic E-state index is -3.24. The Morgan fingerprint density at radius 1 is 1.07 bits per heavy atom. The summed E-state index contributed by atoms with van der Waals surface area (Å²) in [5, 5.41) is 0. The van der Waals surface area contributed by atoms with E-state index in [1.807, 2.05) is 6.07 Å². The van der Waals surface area contributed by atoms with E-state index in [9.17, 15) is 13.2 Å². The fourth-order valence-electron chi connectivity index (χ4n) is 4.48. The number of likely N-dealkylation sites (tertiary alicyclic amines) is 2. The van der Waals surface area contributed by atoms with Gasteiger partial charge in [-0.3, -0.25) is 4.79 Å². The summed E-state index contributed by atoms with van der Waals surface area (Å²) in [6.07, 6.45) is 5.96. The van der Waals surface area contributed by atoms with Crippen molar-refractivity contribution in [2.75, 3.05) is 38.5 Å². The standard InChI is InChI=1S/C21H32N2O3S/c1-2-3-14-23-18-21(12-10-20(23)24)11-7-13-22(17-21)15-16-27(25,26)19-8-5-4-6-9-19/h4-6,8-9H,2-3,7,10-18H2,1H3/t21-/m0/s1. The first-order valence-corrected chi connectivity index (χ1v) is 11.9. The van der Waals surface area contributed by atoms with Crippen LogP contribution in [0.25, 0.3) is 0 Å². The Labute approximate surface area is 163 Å². The Kier molecular flexibility index (Phi) is 6.58. The zero-order valence-electron chi connectivity index (χ0n) is 16.4. The molecule has 1 aromatic rings. The predicted octanol–water partition coefficient (Wildman–Crippen LogP) is 2.97. The van der Waals surface area contributed by atoms with Crippen molar-refractivity contribution in [1.29, 1.82) is 0 Å². The van der Waals surface area contributed by atoms with Crippen LogP contribution in [0, 0.1) is 5.41 Å². The molecule has 1 aromatic carbocycles. The number of carbonyl (C=O) groups excluding carboxylic acids is 1. The minimum absolute atomic E-state index is 0.149. The molecule has 2 heterocycles. The van der Waals surface area contributed by atoms with Crippen LogP contribution in [-0.2, 0) is 14.6 Å². The Bertz CT molecular complexity index is 735. The third-order valence-electron chi connectivity index (χ3n) is 6.05. The Hall–Kier alpha value is -1.40. The highest BCUT2D eigenvalue weighted by atomic mass is 32.2. The third-order valence-corrected chi connectivity index (χ3v) is 7.76. The minimum Gasteiger partial charge on any atom is -0.342 e. The molecule has 0 unspecified atom stereocenters. The molecule has 0 aliphatic carbocycles. The first-order chi connectivity index (χ1) is 12.9. The fraction of sp³-hybridized carbons (Fsp3) is 0.667. The number of hydrogen-bond acceptors (Lipinski definition) is 4. The summed E-state index contributed by atoms with van der Waals surface area (Å²) < 4.78 is 25.2. The molecule has 3 rings (SSSR count). The number of sulfone groups is 1. The molecule has 2 aliphatic heterocycles. The number of unbranched alkanes of at least 4 members (excludes halogenated alkanes) is 1. The molecule has 1 amide bonds. The molecular formula is C21H32N2O3S. The van der Waals surface area contributed by atoms with Crippen molar-refractivity contribution >= 4 is 15.7 Å². The molecule has 1 atom stereocenters. The molecule has 0 aromatic heterocycles.